The highest BCUT2D eigenvalue weighted by Crippen LogP contribution is 2.33. The maximum atomic E-state index is 13.0. The second-order valence-corrected chi connectivity index (χ2v) is 8.42. The molecule has 2 aliphatic rings. The van der Waals surface area contributed by atoms with Crippen molar-refractivity contribution in [3.05, 3.63) is 59.4 Å². The van der Waals surface area contributed by atoms with Gasteiger partial charge in [-0.3, -0.25) is 9.69 Å². The molecule has 0 aliphatic carbocycles. The van der Waals surface area contributed by atoms with Gasteiger partial charge in [0, 0.05) is 31.9 Å². The van der Waals surface area contributed by atoms with E-state index in [1.807, 2.05) is 11.8 Å². The minimum Gasteiger partial charge on any atom is -0.493 e. The molecule has 2 saturated heterocycles. The number of nitrogens with zero attached hydrogens (tertiary/aromatic N) is 6. The first kappa shape index (κ1) is 20.2. The summed E-state index contributed by atoms with van der Waals surface area (Å²) in [4.78, 5) is 21.7. The summed E-state index contributed by atoms with van der Waals surface area (Å²) >= 11 is 0. The molecule has 2 fully saturated rings. The van der Waals surface area contributed by atoms with Crippen LogP contribution in [0.15, 0.2) is 42.7 Å². The highest BCUT2D eigenvalue weighted by Gasteiger charge is 2.32. The van der Waals surface area contributed by atoms with Crippen molar-refractivity contribution in [2.24, 2.45) is 0 Å². The van der Waals surface area contributed by atoms with Gasteiger partial charge in [0.15, 0.2) is 5.82 Å². The summed E-state index contributed by atoms with van der Waals surface area (Å²) in [7, 11) is 0. The molecule has 2 aliphatic heterocycles. The Morgan fingerprint density at radius 1 is 1.16 bits per heavy atom. The predicted molar refractivity (Wildman–Crippen MR) is 118 cm³/mol. The zero-order chi connectivity index (χ0) is 22.2. The Kier molecular flexibility index (Phi) is 5.11. The fraction of sp³-hybridized carbons (Fsp3) is 0.333. The zero-order valence-corrected chi connectivity index (χ0v) is 17.9. The number of aromatic hydroxyl groups is 1. The Balaban J connectivity index is 1.36. The van der Waals surface area contributed by atoms with Crippen molar-refractivity contribution >= 4 is 5.91 Å². The summed E-state index contributed by atoms with van der Waals surface area (Å²) in [5, 5.41) is 24.1. The minimum absolute atomic E-state index is 0.00539. The number of aromatic nitrogens is 3. The first-order valence-electron chi connectivity index (χ1n) is 10.8. The Morgan fingerprint density at radius 2 is 2.03 bits per heavy atom. The van der Waals surface area contributed by atoms with E-state index < -0.39 is 0 Å². The summed E-state index contributed by atoms with van der Waals surface area (Å²) in [6.07, 6.45) is 5.48. The van der Waals surface area contributed by atoms with Crippen LogP contribution in [0.3, 0.4) is 0 Å². The van der Waals surface area contributed by atoms with Crippen LogP contribution in [0, 0.1) is 18.3 Å². The third kappa shape index (κ3) is 3.51. The molecule has 0 radical (unpaired) electrons. The molecule has 0 saturated carbocycles. The number of nitriles is 1. The lowest BCUT2D eigenvalue weighted by atomic mass is 10.0. The Morgan fingerprint density at radius 3 is 2.78 bits per heavy atom. The lowest BCUT2D eigenvalue weighted by Gasteiger charge is -2.37. The van der Waals surface area contributed by atoms with E-state index in [1.165, 1.54) is 11.1 Å². The molecule has 1 N–H and O–H groups in total. The number of fused-ring (bicyclic) bond motifs is 1. The molecule has 3 aromatic rings. The molecular weight excluding hydrogens is 404 g/mol. The molecule has 0 bridgehead atoms. The number of piperazine rings is 1. The van der Waals surface area contributed by atoms with Crippen molar-refractivity contribution in [3.8, 4) is 28.9 Å². The molecular formula is C24H24N6O2. The van der Waals surface area contributed by atoms with Gasteiger partial charge in [-0.1, -0.05) is 6.07 Å². The van der Waals surface area contributed by atoms with Crippen molar-refractivity contribution in [2.45, 2.75) is 25.8 Å². The maximum Gasteiger partial charge on any atom is 0.255 e. The summed E-state index contributed by atoms with van der Waals surface area (Å²) in [6.45, 7) is 5.47. The number of rotatable bonds is 3. The fourth-order valence-corrected chi connectivity index (χ4v) is 4.73. The van der Waals surface area contributed by atoms with Crippen LogP contribution in [0.1, 0.15) is 34.3 Å². The highest BCUT2D eigenvalue weighted by molar-refractivity contribution is 5.94. The summed E-state index contributed by atoms with van der Waals surface area (Å²) in [5.74, 6) is 0.383. The van der Waals surface area contributed by atoms with E-state index >= 15 is 0 Å². The molecule has 2 aromatic heterocycles. The standard InChI is InChI=1S/C24H24N6O2/c1-16-11-17(12-25)4-6-20(16)21-14-27-30(24(21)32)22-7-5-18(13-26-22)23(31)29-10-9-28-8-2-3-19(28)15-29/h4-7,11,13-14,19,32H,2-3,8-10,15H2,1H3. The number of hydrogen-bond donors (Lipinski definition) is 1. The summed E-state index contributed by atoms with van der Waals surface area (Å²) in [5.41, 5.74) is 3.33. The lowest BCUT2D eigenvalue weighted by molar-refractivity contribution is 0.0571. The number of benzene rings is 1. The second-order valence-electron chi connectivity index (χ2n) is 8.42. The highest BCUT2D eigenvalue weighted by atomic mass is 16.3. The number of pyridine rings is 1. The average molecular weight is 428 g/mol. The van der Waals surface area contributed by atoms with Crippen LogP contribution in [0.4, 0.5) is 0 Å². The molecule has 0 spiro atoms. The molecule has 8 nitrogen and oxygen atoms in total. The van der Waals surface area contributed by atoms with Gasteiger partial charge in [0.05, 0.1) is 29.0 Å². The Hall–Kier alpha value is -3.70. The molecule has 1 amide bonds. The van der Waals surface area contributed by atoms with Gasteiger partial charge in [-0.05, 0) is 61.7 Å². The number of aryl methyl sites for hydroxylation is 1. The SMILES string of the molecule is Cc1cc(C#N)ccc1-c1cnn(-c2ccc(C(=O)N3CCN4CCCC4C3)cn2)c1O. The molecule has 1 atom stereocenters. The molecule has 162 valence electrons. The van der Waals surface area contributed by atoms with Crippen LogP contribution in [0.25, 0.3) is 16.9 Å². The molecule has 1 aromatic carbocycles. The van der Waals surface area contributed by atoms with Gasteiger partial charge in [-0.2, -0.15) is 15.0 Å². The van der Waals surface area contributed by atoms with Crippen LogP contribution in [-0.2, 0) is 0 Å². The van der Waals surface area contributed by atoms with Crippen LogP contribution < -0.4 is 0 Å². The normalized spacial score (nSPS) is 18.4. The van der Waals surface area contributed by atoms with E-state index in [4.69, 9.17) is 5.26 Å². The number of hydrogen-bond acceptors (Lipinski definition) is 6. The predicted octanol–water partition coefficient (Wildman–Crippen LogP) is 2.74. The number of carbonyl (C=O) groups is 1. The first-order valence-corrected chi connectivity index (χ1v) is 10.8. The van der Waals surface area contributed by atoms with Gasteiger partial charge in [0.25, 0.3) is 5.91 Å². The van der Waals surface area contributed by atoms with Crippen molar-refractivity contribution < 1.29 is 9.90 Å². The van der Waals surface area contributed by atoms with E-state index in [1.54, 1.807) is 42.7 Å². The van der Waals surface area contributed by atoms with Gasteiger partial charge < -0.3 is 10.0 Å². The molecule has 4 heterocycles. The summed E-state index contributed by atoms with van der Waals surface area (Å²) in [6, 6.07) is 11.3. The summed E-state index contributed by atoms with van der Waals surface area (Å²) < 4.78 is 1.35. The molecule has 32 heavy (non-hydrogen) atoms. The molecule has 1 unspecified atom stereocenters. The number of carbonyl (C=O) groups excluding carboxylic acids is 1. The van der Waals surface area contributed by atoms with Crippen LogP contribution >= 0.6 is 0 Å². The van der Waals surface area contributed by atoms with Crippen molar-refractivity contribution in [1.82, 2.24) is 24.6 Å². The van der Waals surface area contributed by atoms with Crippen LogP contribution in [-0.4, -0.2) is 67.8 Å². The molecule has 5 rings (SSSR count). The van der Waals surface area contributed by atoms with Crippen LogP contribution in [0.5, 0.6) is 5.88 Å². The van der Waals surface area contributed by atoms with Gasteiger partial charge >= 0.3 is 0 Å². The van der Waals surface area contributed by atoms with E-state index in [0.29, 0.717) is 28.6 Å². The van der Waals surface area contributed by atoms with E-state index in [0.717, 1.165) is 43.7 Å². The van der Waals surface area contributed by atoms with Gasteiger partial charge in [-0.15, -0.1) is 0 Å². The van der Waals surface area contributed by atoms with Gasteiger partial charge in [0.2, 0.25) is 5.88 Å². The second kappa shape index (κ2) is 8.09. The van der Waals surface area contributed by atoms with Crippen molar-refractivity contribution in [1.29, 1.82) is 5.26 Å². The van der Waals surface area contributed by atoms with E-state index in [9.17, 15) is 9.90 Å². The lowest BCUT2D eigenvalue weighted by Crippen LogP contribution is -2.52. The first-order chi connectivity index (χ1) is 15.5. The maximum absolute atomic E-state index is 13.0. The third-order valence-corrected chi connectivity index (χ3v) is 6.48. The third-order valence-electron chi connectivity index (χ3n) is 6.48. The number of amides is 1. The average Bonchev–Trinajstić information content (AvgIpc) is 3.44. The van der Waals surface area contributed by atoms with Gasteiger partial charge in [0.1, 0.15) is 0 Å². The van der Waals surface area contributed by atoms with Crippen LogP contribution in [0.2, 0.25) is 0 Å². The van der Waals surface area contributed by atoms with Crippen molar-refractivity contribution in [3.63, 3.8) is 0 Å². The smallest absolute Gasteiger partial charge is 0.255 e. The zero-order valence-electron chi connectivity index (χ0n) is 17.9. The van der Waals surface area contributed by atoms with Crippen molar-refractivity contribution in [2.75, 3.05) is 26.2 Å². The van der Waals surface area contributed by atoms with E-state index in [2.05, 4.69) is 21.1 Å². The monoisotopic (exact) mass is 428 g/mol. The van der Waals surface area contributed by atoms with Gasteiger partial charge in [-0.25, -0.2) is 4.98 Å². The Labute approximate surface area is 186 Å². The largest absolute Gasteiger partial charge is 0.493 e. The quantitative estimate of drug-likeness (QED) is 0.689. The Bertz CT molecular complexity index is 1210. The molecule has 8 heteroatoms. The topological polar surface area (TPSA) is 98.3 Å². The fourth-order valence-electron chi connectivity index (χ4n) is 4.73. The minimum atomic E-state index is -0.0401. The van der Waals surface area contributed by atoms with E-state index in [-0.39, 0.29) is 11.8 Å².